The van der Waals surface area contributed by atoms with E-state index in [0.717, 1.165) is 12.8 Å². The van der Waals surface area contributed by atoms with Gasteiger partial charge < -0.3 is 0 Å². The monoisotopic (exact) mass is 306 g/mol. The fourth-order valence-electron chi connectivity index (χ4n) is 4.04. The third kappa shape index (κ3) is 2.82. The minimum absolute atomic E-state index is 0.137. The van der Waals surface area contributed by atoms with Crippen molar-refractivity contribution in [2.45, 2.75) is 40.0 Å². The van der Waals surface area contributed by atoms with E-state index in [-0.39, 0.29) is 16.9 Å². The highest BCUT2D eigenvalue weighted by molar-refractivity contribution is 5.53. The molecule has 0 radical (unpaired) electrons. The molecule has 120 valence electrons. The normalized spacial score (nSPS) is 27.2. The molecule has 22 heavy (non-hydrogen) atoms. The maximum absolute atomic E-state index is 11.1. The zero-order valence-electron chi connectivity index (χ0n) is 13.2. The van der Waals surface area contributed by atoms with E-state index in [9.17, 15) is 20.2 Å². The molecule has 1 saturated carbocycles. The number of nitro groups is 2. The Kier molecular flexibility index (Phi) is 4.78. The first kappa shape index (κ1) is 16.4. The van der Waals surface area contributed by atoms with Crippen molar-refractivity contribution in [2.24, 2.45) is 23.7 Å². The van der Waals surface area contributed by atoms with Crippen LogP contribution < -0.4 is 0 Å². The summed E-state index contributed by atoms with van der Waals surface area (Å²) in [6.45, 7) is 6.60. The topological polar surface area (TPSA) is 86.3 Å². The molecule has 0 heterocycles. The Bertz CT molecular complexity index is 555. The standard InChI is InChI=1S/C16H22N2O4/c1-4-12-10(2)11(3)13(12)8-9-14-15(17(19)20)6-5-7-16(14)18(21)22/h5-7,10-13H,4,8-9H2,1-3H3. The third-order valence-corrected chi connectivity index (χ3v) is 5.45. The average molecular weight is 306 g/mol. The zero-order valence-corrected chi connectivity index (χ0v) is 13.2. The second-order valence-electron chi connectivity index (χ2n) is 6.28. The van der Waals surface area contributed by atoms with Crippen LogP contribution in [0.25, 0.3) is 0 Å². The quantitative estimate of drug-likeness (QED) is 0.577. The van der Waals surface area contributed by atoms with Crippen molar-refractivity contribution in [1.82, 2.24) is 0 Å². The highest BCUT2D eigenvalue weighted by Gasteiger charge is 2.43. The minimum Gasteiger partial charge on any atom is -0.258 e. The molecule has 4 unspecified atom stereocenters. The first-order valence-electron chi connectivity index (χ1n) is 7.79. The number of nitrogens with zero attached hydrogens (tertiary/aromatic N) is 2. The van der Waals surface area contributed by atoms with Crippen LogP contribution in [0.1, 0.15) is 39.2 Å². The second-order valence-corrected chi connectivity index (χ2v) is 6.28. The van der Waals surface area contributed by atoms with E-state index in [1.807, 2.05) is 0 Å². The summed E-state index contributed by atoms with van der Waals surface area (Å²) in [5.74, 6) is 2.36. The van der Waals surface area contributed by atoms with E-state index < -0.39 is 9.85 Å². The lowest BCUT2D eigenvalue weighted by Gasteiger charge is -2.49. The SMILES string of the molecule is CCC1C(C)C(C)C1CCc1c([N+](=O)[O-])cccc1[N+](=O)[O-]. The van der Waals surface area contributed by atoms with E-state index in [0.29, 0.717) is 30.1 Å². The van der Waals surface area contributed by atoms with Crippen LogP contribution in [0.5, 0.6) is 0 Å². The van der Waals surface area contributed by atoms with Gasteiger partial charge in [0.15, 0.2) is 0 Å². The lowest BCUT2D eigenvalue weighted by molar-refractivity contribution is -0.395. The van der Waals surface area contributed by atoms with Crippen LogP contribution >= 0.6 is 0 Å². The summed E-state index contributed by atoms with van der Waals surface area (Å²) < 4.78 is 0. The number of nitro benzene ring substituents is 2. The van der Waals surface area contributed by atoms with Crippen molar-refractivity contribution in [3.05, 3.63) is 44.0 Å². The summed E-state index contributed by atoms with van der Waals surface area (Å²) in [6.07, 6.45) is 2.26. The summed E-state index contributed by atoms with van der Waals surface area (Å²) in [5.41, 5.74) is -0.0105. The van der Waals surface area contributed by atoms with Crippen LogP contribution in [0.15, 0.2) is 18.2 Å². The Morgan fingerprint density at radius 1 is 1.00 bits per heavy atom. The summed E-state index contributed by atoms with van der Waals surface area (Å²) in [6, 6.07) is 4.08. The molecule has 1 aromatic carbocycles. The fourth-order valence-corrected chi connectivity index (χ4v) is 4.04. The molecule has 1 aliphatic rings. The van der Waals surface area contributed by atoms with Gasteiger partial charge in [-0.2, -0.15) is 0 Å². The van der Waals surface area contributed by atoms with Gasteiger partial charge in [-0.25, -0.2) is 0 Å². The van der Waals surface area contributed by atoms with Crippen molar-refractivity contribution in [3.63, 3.8) is 0 Å². The van der Waals surface area contributed by atoms with Crippen molar-refractivity contribution in [2.75, 3.05) is 0 Å². The molecule has 1 aliphatic carbocycles. The molecule has 0 saturated heterocycles. The van der Waals surface area contributed by atoms with Crippen molar-refractivity contribution >= 4 is 11.4 Å². The van der Waals surface area contributed by atoms with Crippen LogP contribution in [0, 0.1) is 43.9 Å². The molecular formula is C16H22N2O4. The zero-order chi connectivity index (χ0) is 16.4. The summed E-state index contributed by atoms with van der Waals surface area (Å²) in [5, 5.41) is 22.3. The number of rotatable bonds is 6. The van der Waals surface area contributed by atoms with E-state index in [1.165, 1.54) is 18.2 Å². The maximum atomic E-state index is 11.1. The molecule has 1 fully saturated rings. The highest BCUT2D eigenvalue weighted by atomic mass is 16.6. The van der Waals surface area contributed by atoms with Crippen LogP contribution in [0.4, 0.5) is 11.4 Å². The lowest BCUT2D eigenvalue weighted by Crippen LogP contribution is -2.43. The van der Waals surface area contributed by atoms with Gasteiger partial charge in [-0.05, 0) is 42.6 Å². The Hall–Kier alpha value is -1.98. The summed E-state index contributed by atoms with van der Waals surface area (Å²) >= 11 is 0. The average Bonchev–Trinajstić information content (AvgIpc) is 2.49. The Balaban J connectivity index is 2.22. The van der Waals surface area contributed by atoms with Crippen molar-refractivity contribution in [3.8, 4) is 0 Å². The van der Waals surface area contributed by atoms with Crippen molar-refractivity contribution in [1.29, 1.82) is 0 Å². The second kappa shape index (κ2) is 6.42. The van der Waals surface area contributed by atoms with Gasteiger partial charge >= 0.3 is 0 Å². The van der Waals surface area contributed by atoms with E-state index >= 15 is 0 Å². The first-order chi connectivity index (χ1) is 10.4. The Morgan fingerprint density at radius 2 is 1.50 bits per heavy atom. The van der Waals surface area contributed by atoms with Crippen LogP contribution in [-0.4, -0.2) is 9.85 Å². The fraction of sp³-hybridized carbons (Fsp3) is 0.625. The van der Waals surface area contributed by atoms with E-state index in [1.54, 1.807) is 0 Å². The van der Waals surface area contributed by atoms with Gasteiger partial charge in [0.05, 0.1) is 9.85 Å². The summed E-state index contributed by atoms with van der Waals surface area (Å²) in [4.78, 5) is 21.2. The smallest absolute Gasteiger partial charge is 0.258 e. The van der Waals surface area contributed by atoms with Crippen LogP contribution in [-0.2, 0) is 6.42 Å². The highest BCUT2D eigenvalue weighted by Crippen LogP contribution is 2.50. The van der Waals surface area contributed by atoms with E-state index in [4.69, 9.17) is 0 Å². The van der Waals surface area contributed by atoms with Crippen LogP contribution in [0.2, 0.25) is 0 Å². The predicted molar refractivity (Wildman–Crippen MR) is 83.7 cm³/mol. The van der Waals surface area contributed by atoms with Crippen LogP contribution in [0.3, 0.4) is 0 Å². The molecule has 1 aromatic rings. The third-order valence-electron chi connectivity index (χ3n) is 5.45. The van der Waals surface area contributed by atoms with Gasteiger partial charge in [-0.1, -0.05) is 27.2 Å². The number of hydrogen-bond donors (Lipinski definition) is 0. The Morgan fingerprint density at radius 3 is 1.95 bits per heavy atom. The molecule has 0 aromatic heterocycles. The number of hydrogen-bond acceptors (Lipinski definition) is 4. The lowest BCUT2D eigenvalue weighted by atomic mass is 9.56. The predicted octanol–water partition coefficient (Wildman–Crippen LogP) is 4.36. The first-order valence-corrected chi connectivity index (χ1v) is 7.79. The van der Waals surface area contributed by atoms with E-state index in [2.05, 4.69) is 20.8 Å². The molecule has 0 spiro atoms. The maximum Gasteiger partial charge on any atom is 0.279 e. The van der Waals surface area contributed by atoms with Gasteiger partial charge in [0.1, 0.15) is 5.56 Å². The molecule has 2 rings (SSSR count). The molecule has 0 aliphatic heterocycles. The molecular weight excluding hydrogens is 284 g/mol. The van der Waals surface area contributed by atoms with Crippen molar-refractivity contribution < 1.29 is 9.85 Å². The van der Waals surface area contributed by atoms with Gasteiger partial charge in [-0.15, -0.1) is 0 Å². The molecule has 6 nitrogen and oxygen atoms in total. The number of benzene rings is 1. The Labute approximate surface area is 129 Å². The summed E-state index contributed by atoms with van der Waals surface area (Å²) in [7, 11) is 0. The van der Waals surface area contributed by atoms with Gasteiger partial charge in [0.25, 0.3) is 11.4 Å². The van der Waals surface area contributed by atoms with Gasteiger partial charge in [0, 0.05) is 12.1 Å². The molecule has 0 N–H and O–H groups in total. The van der Waals surface area contributed by atoms with Gasteiger partial charge in [-0.3, -0.25) is 20.2 Å². The molecule has 0 bridgehead atoms. The van der Waals surface area contributed by atoms with Gasteiger partial charge in [0.2, 0.25) is 0 Å². The molecule has 6 heteroatoms. The molecule has 0 amide bonds. The minimum atomic E-state index is -0.521. The largest absolute Gasteiger partial charge is 0.279 e. The molecule has 4 atom stereocenters.